The molecule has 0 radical (unpaired) electrons. The summed E-state index contributed by atoms with van der Waals surface area (Å²) in [7, 11) is 0. The van der Waals surface area contributed by atoms with E-state index in [-0.39, 0.29) is 11.5 Å². The SMILES string of the molecule is Cc1ccc(-n2c(SCc3nnc(C(C)C)o3)nc3ccccc3c2=O)cc1C. The third-order valence-electron chi connectivity index (χ3n) is 4.79. The van der Waals surface area contributed by atoms with Gasteiger partial charge in [-0.3, -0.25) is 9.36 Å². The van der Waals surface area contributed by atoms with Crippen molar-refractivity contribution in [3.05, 3.63) is 75.7 Å². The Morgan fingerprint density at radius 3 is 2.59 bits per heavy atom. The molecule has 0 saturated carbocycles. The molecule has 0 aliphatic rings. The maximum atomic E-state index is 13.3. The summed E-state index contributed by atoms with van der Waals surface area (Å²) in [5.74, 6) is 1.75. The fourth-order valence-corrected chi connectivity index (χ4v) is 3.84. The highest BCUT2D eigenvalue weighted by molar-refractivity contribution is 7.98. The molecule has 7 heteroatoms. The molecular weight excluding hydrogens is 384 g/mol. The molecule has 148 valence electrons. The molecule has 0 N–H and O–H groups in total. The van der Waals surface area contributed by atoms with Crippen molar-refractivity contribution in [1.82, 2.24) is 19.7 Å². The highest BCUT2D eigenvalue weighted by atomic mass is 32.2. The second-order valence-corrected chi connectivity index (χ2v) is 8.24. The van der Waals surface area contributed by atoms with Gasteiger partial charge in [0, 0.05) is 5.92 Å². The highest BCUT2D eigenvalue weighted by Crippen LogP contribution is 2.26. The molecule has 2 heterocycles. The van der Waals surface area contributed by atoms with Gasteiger partial charge in [0.05, 0.1) is 22.3 Å². The van der Waals surface area contributed by atoms with Gasteiger partial charge in [-0.15, -0.1) is 10.2 Å². The van der Waals surface area contributed by atoms with Crippen LogP contribution in [0.3, 0.4) is 0 Å². The monoisotopic (exact) mass is 406 g/mol. The second kappa shape index (κ2) is 7.83. The molecule has 0 amide bonds. The van der Waals surface area contributed by atoms with Gasteiger partial charge in [-0.2, -0.15) is 0 Å². The average molecular weight is 407 g/mol. The van der Waals surface area contributed by atoms with Crippen LogP contribution in [0, 0.1) is 13.8 Å². The third-order valence-corrected chi connectivity index (χ3v) is 5.72. The number of benzene rings is 2. The predicted molar refractivity (Wildman–Crippen MR) is 115 cm³/mol. The van der Waals surface area contributed by atoms with Crippen molar-refractivity contribution >= 4 is 22.7 Å². The van der Waals surface area contributed by atoms with Gasteiger partial charge in [-0.05, 0) is 49.2 Å². The molecule has 0 fully saturated rings. The maximum absolute atomic E-state index is 13.3. The van der Waals surface area contributed by atoms with Crippen molar-refractivity contribution in [3.63, 3.8) is 0 Å². The molecule has 0 spiro atoms. The van der Waals surface area contributed by atoms with Crippen molar-refractivity contribution in [2.24, 2.45) is 0 Å². The van der Waals surface area contributed by atoms with Crippen molar-refractivity contribution in [1.29, 1.82) is 0 Å². The summed E-state index contributed by atoms with van der Waals surface area (Å²) in [5, 5.41) is 9.38. The van der Waals surface area contributed by atoms with Crippen LogP contribution in [0.5, 0.6) is 0 Å². The summed E-state index contributed by atoms with van der Waals surface area (Å²) in [6, 6.07) is 13.4. The van der Waals surface area contributed by atoms with Crippen molar-refractivity contribution < 1.29 is 4.42 Å². The van der Waals surface area contributed by atoms with E-state index in [0.29, 0.717) is 33.6 Å². The topological polar surface area (TPSA) is 73.8 Å². The molecule has 0 unspecified atom stereocenters. The van der Waals surface area contributed by atoms with Gasteiger partial charge in [-0.25, -0.2) is 4.98 Å². The molecular formula is C22H22N4O2S. The number of para-hydroxylation sites is 1. The highest BCUT2D eigenvalue weighted by Gasteiger charge is 2.16. The number of hydrogen-bond donors (Lipinski definition) is 0. The molecule has 6 nitrogen and oxygen atoms in total. The number of fused-ring (bicyclic) bond motifs is 1. The van der Waals surface area contributed by atoms with Crippen LogP contribution in [0.2, 0.25) is 0 Å². The summed E-state index contributed by atoms with van der Waals surface area (Å²) >= 11 is 1.41. The van der Waals surface area contributed by atoms with E-state index in [9.17, 15) is 4.79 Å². The van der Waals surface area contributed by atoms with Crippen LogP contribution in [0.25, 0.3) is 16.6 Å². The second-order valence-electron chi connectivity index (χ2n) is 7.30. The Labute approximate surface area is 173 Å². The molecule has 2 aromatic heterocycles. The quantitative estimate of drug-likeness (QED) is 0.350. The van der Waals surface area contributed by atoms with Gasteiger partial charge < -0.3 is 4.42 Å². The van der Waals surface area contributed by atoms with Gasteiger partial charge in [0.2, 0.25) is 11.8 Å². The van der Waals surface area contributed by atoms with E-state index in [1.807, 2.05) is 63.2 Å². The number of rotatable bonds is 5. The van der Waals surface area contributed by atoms with E-state index in [2.05, 4.69) is 17.1 Å². The summed E-state index contributed by atoms with van der Waals surface area (Å²) in [6.45, 7) is 8.11. The molecule has 0 bridgehead atoms. The number of hydrogen-bond acceptors (Lipinski definition) is 6. The van der Waals surface area contributed by atoms with Gasteiger partial charge >= 0.3 is 0 Å². The number of aryl methyl sites for hydroxylation is 2. The molecule has 0 aliphatic heterocycles. The lowest BCUT2D eigenvalue weighted by molar-refractivity contribution is 0.445. The first kappa shape index (κ1) is 19.4. The maximum Gasteiger partial charge on any atom is 0.266 e. The smallest absolute Gasteiger partial charge is 0.266 e. The molecule has 0 aliphatic carbocycles. The first-order chi connectivity index (χ1) is 13.9. The first-order valence-corrected chi connectivity index (χ1v) is 10.5. The lowest BCUT2D eigenvalue weighted by Gasteiger charge is -2.14. The van der Waals surface area contributed by atoms with Crippen molar-refractivity contribution in [3.8, 4) is 5.69 Å². The Balaban J connectivity index is 1.80. The van der Waals surface area contributed by atoms with Crippen LogP contribution in [0.1, 0.15) is 42.7 Å². The molecule has 4 rings (SSSR count). The van der Waals surface area contributed by atoms with Gasteiger partial charge in [-0.1, -0.05) is 43.8 Å². The van der Waals surface area contributed by atoms with Crippen LogP contribution in [0.15, 0.2) is 56.8 Å². The summed E-state index contributed by atoms with van der Waals surface area (Å²) in [5.41, 5.74) is 3.68. The molecule has 0 atom stereocenters. The van der Waals surface area contributed by atoms with E-state index in [0.717, 1.165) is 11.3 Å². The summed E-state index contributed by atoms with van der Waals surface area (Å²) < 4.78 is 7.37. The number of aromatic nitrogens is 4. The lowest BCUT2D eigenvalue weighted by atomic mass is 10.1. The standard InChI is InChI=1S/C22H22N4O2S/c1-13(2)20-25-24-19(28-20)12-29-22-23-18-8-6-5-7-17(18)21(27)26(22)16-10-9-14(3)15(4)11-16/h5-11,13H,12H2,1-4H3. The van der Waals surface area contributed by atoms with E-state index in [1.165, 1.54) is 17.3 Å². The molecule has 29 heavy (non-hydrogen) atoms. The zero-order valence-corrected chi connectivity index (χ0v) is 17.7. The van der Waals surface area contributed by atoms with E-state index in [1.54, 1.807) is 4.57 Å². The first-order valence-electron chi connectivity index (χ1n) is 9.48. The lowest BCUT2D eigenvalue weighted by Crippen LogP contribution is -2.22. The summed E-state index contributed by atoms with van der Waals surface area (Å²) in [6.07, 6.45) is 0. The summed E-state index contributed by atoms with van der Waals surface area (Å²) in [4.78, 5) is 18.1. The van der Waals surface area contributed by atoms with E-state index >= 15 is 0 Å². The van der Waals surface area contributed by atoms with Gasteiger partial charge in [0.1, 0.15) is 0 Å². The molecule has 0 saturated heterocycles. The zero-order valence-electron chi connectivity index (χ0n) is 16.8. The largest absolute Gasteiger partial charge is 0.424 e. The Bertz CT molecular complexity index is 1240. The minimum absolute atomic E-state index is 0.0882. The predicted octanol–water partition coefficient (Wildman–Crippen LogP) is 4.80. The van der Waals surface area contributed by atoms with Crippen LogP contribution in [0.4, 0.5) is 0 Å². The molecule has 2 aromatic carbocycles. The van der Waals surface area contributed by atoms with Crippen LogP contribution in [-0.4, -0.2) is 19.7 Å². The van der Waals surface area contributed by atoms with E-state index in [4.69, 9.17) is 9.40 Å². The van der Waals surface area contributed by atoms with E-state index < -0.39 is 0 Å². The Morgan fingerprint density at radius 1 is 1.07 bits per heavy atom. The fraction of sp³-hybridized carbons (Fsp3) is 0.273. The van der Waals surface area contributed by atoms with Crippen LogP contribution < -0.4 is 5.56 Å². The zero-order chi connectivity index (χ0) is 20.5. The van der Waals surface area contributed by atoms with Gasteiger partial charge in [0.15, 0.2) is 5.16 Å². The van der Waals surface area contributed by atoms with Crippen LogP contribution >= 0.6 is 11.8 Å². The van der Waals surface area contributed by atoms with Crippen molar-refractivity contribution in [2.45, 2.75) is 44.5 Å². The fourth-order valence-electron chi connectivity index (χ4n) is 2.99. The average Bonchev–Trinajstić information content (AvgIpc) is 3.18. The minimum Gasteiger partial charge on any atom is -0.424 e. The molecule has 4 aromatic rings. The number of nitrogens with zero attached hydrogens (tertiary/aromatic N) is 4. The third kappa shape index (κ3) is 3.82. The van der Waals surface area contributed by atoms with Gasteiger partial charge in [0.25, 0.3) is 5.56 Å². The van der Waals surface area contributed by atoms with Crippen molar-refractivity contribution in [2.75, 3.05) is 0 Å². The Morgan fingerprint density at radius 2 is 1.86 bits per heavy atom. The van der Waals surface area contributed by atoms with Crippen LogP contribution in [-0.2, 0) is 5.75 Å². The minimum atomic E-state index is -0.0882. The number of thioether (sulfide) groups is 1. The Hall–Kier alpha value is -2.93. The normalized spacial score (nSPS) is 11.5. The Kier molecular flexibility index (Phi) is 5.24.